The number of amides is 2. The van der Waals surface area contributed by atoms with Crippen LogP contribution in [0.25, 0.3) is 0 Å². The van der Waals surface area contributed by atoms with Crippen LogP contribution in [0.5, 0.6) is 0 Å². The van der Waals surface area contributed by atoms with Gasteiger partial charge in [-0.05, 0) is 73.1 Å². The number of hydrogen-bond donors (Lipinski definition) is 3. The standard InChI is InChI=1S/C13H20N2O3.C13H18N2O3/c2*1-9(16)7-10-8-14-6-5-11(10)15-12(17)18-13(2,3)4/h5-6,8-9,16H,7H2,1-4H3,(H,14,15,17);5-6,8H,7H2,1-4H3,(H,14,15,17). The Morgan fingerprint density at radius 2 is 1.28 bits per heavy atom. The van der Waals surface area contributed by atoms with Crippen molar-refractivity contribution in [3.8, 4) is 0 Å². The molecule has 10 nitrogen and oxygen atoms in total. The molecule has 36 heavy (non-hydrogen) atoms. The lowest BCUT2D eigenvalue weighted by atomic mass is 10.1. The Balaban J connectivity index is 0.000000360. The Hall–Kier alpha value is -3.53. The Morgan fingerprint density at radius 3 is 1.67 bits per heavy atom. The Morgan fingerprint density at radius 1 is 0.861 bits per heavy atom. The summed E-state index contributed by atoms with van der Waals surface area (Å²) in [6.07, 6.45) is 5.44. The molecule has 2 heterocycles. The molecule has 2 aromatic heterocycles. The van der Waals surface area contributed by atoms with Gasteiger partial charge in [0.25, 0.3) is 0 Å². The fourth-order valence-electron chi connectivity index (χ4n) is 2.82. The molecular formula is C26H38N4O6. The van der Waals surface area contributed by atoms with E-state index in [1.807, 2.05) is 0 Å². The van der Waals surface area contributed by atoms with Crippen LogP contribution < -0.4 is 10.6 Å². The molecule has 2 amide bonds. The van der Waals surface area contributed by atoms with Crippen molar-refractivity contribution < 1.29 is 29.0 Å². The van der Waals surface area contributed by atoms with Crippen molar-refractivity contribution in [1.82, 2.24) is 9.97 Å². The number of aromatic nitrogens is 2. The molecule has 3 N–H and O–H groups in total. The summed E-state index contributed by atoms with van der Waals surface area (Å²) < 4.78 is 10.3. The highest BCUT2D eigenvalue weighted by atomic mass is 16.6. The van der Waals surface area contributed by atoms with Gasteiger partial charge in [-0.15, -0.1) is 0 Å². The second kappa shape index (κ2) is 13.5. The maximum atomic E-state index is 11.6. The lowest BCUT2D eigenvalue weighted by Gasteiger charge is -2.20. The summed E-state index contributed by atoms with van der Waals surface area (Å²) in [5.41, 5.74) is 1.52. The Bertz CT molecular complexity index is 1030. The van der Waals surface area contributed by atoms with E-state index in [-0.39, 0.29) is 12.2 Å². The third-order valence-electron chi connectivity index (χ3n) is 4.03. The Labute approximate surface area is 212 Å². The summed E-state index contributed by atoms with van der Waals surface area (Å²) in [5, 5.41) is 14.7. The van der Waals surface area contributed by atoms with Crippen molar-refractivity contribution in [3.63, 3.8) is 0 Å². The predicted octanol–water partition coefficient (Wildman–Crippen LogP) is 4.91. The lowest BCUT2D eigenvalue weighted by molar-refractivity contribution is -0.116. The van der Waals surface area contributed by atoms with Gasteiger partial charge in [-0.1, -0.05) is 0 Å². The normalized spacial score (nSPS) is 11.9. The molecule has 0 aliphatic heterocycles. The van der Waals surface area contributed by atoms with Crippen LogP contribution in [0.3, 0.4) is 0 Å². The van der Waals surface area contributed by atoms with E-state index in [1.165, 1.54) is 6.92 Å². The number of ketones is 1. The minimum atomic E-state index is -0.558. The number of Topliss-reactive ketones (excluding diaryl/α,β-unsaturated/α-hetero) is 1. The zero-order chi connectivity index (χ0) is 27.5. The van der Waals surface area contributed by atoms with E-state index in [4.69, 9.17) is 9.47 Å². The number of carbonyl (C=O) groups excluding carboxylic acids is 3. The van der Waals surface area contributed by atoms with Crippen LogP contribution in [0.1, 0.15) is 66.5 Å². The first-order valence-corrected chi connectivity index (χ1v) is 11.6. The van der Waals surface area contributed by atoms with Crippen LogP contribution in [0.2, 0.25) is 0 Å². The number of carbonyl (C=O) groups is 3. The lowest BCUT2D eigenvalue weighted by Crippen LogP contribution is -2.27. The molecule has 1 atom stereocenters. The fourth-order valence-corrected chi connectivity index (χ4v) is 2.82. The van der Waals surface area contributed by atoms with Crippen molar-refractivity contribution in [3.05, 3.63) is 48.0 Å². The van der Waals surface area contributed by atoms with Crippen molar-refractivity contribution in [2.75, 3.05) is 10.6 Å². The topological polar surface area (TPSA) is 140 Å². The molecule has 0 spiro atoms. The maximum absolute atomic E-state index is 11.6. The van der Waals surface area contributed by atoms with Crippen LogP contribution in [-0.2, 0) is 27.1 Å². The van der Waals surface area contributed by atoms with Gasteiger partial charge in [0.1, 0.15) is 17.0 Å². The minimum absolute atomic E-state index is 0.00948. The number of hydrogen-bond acceptors (Lipinski definition) is 8. The second-order valence-corrected chi connectivity index (χ2v) is 10.3. The average molecular weight is 503 g/mol. The zero-order valence-corrected chi connectivity index (χ0v) is 22.3. The molecule has 0 bridgehead atoms. The van der Waals surface area contributed by atoms with Crippen LogP contribution in [0, 0.1) is 0 Å². The Kier molecular flexibility index (Phi) is 11.5. The molecular weight excluding hydrogens is 464 g/mol. The monoisotopic (exact) mass is 502 g/mol. The van der Waals surface area contributed by atoms with E-state index >= 15 is 0 Å². The summed E-state index contributed by atoms with van der Waals surface area (Å²) in [4.78, 5) is 42.3. The highest BCUT2D eigenvalue weighted by Crippen LogP contribution is 2.18. The highest BCUT2D eigenvalue weighted by molar-refractivity contribution is 5.88. The molecule has 0 saturated heterocycles. The second-order valence-electron chi connectivity index (χ2n) is 10.3. The van der Waals surface area contributed by atoms with Gasteiger partial charge >= 0.3 is 12.2 Å². The van der Waals surface area contributed by atoms with E-state index in [0.717, 1.165) is 5.56 Å². The number of aliphatic hydroxyl groups excluding tert-OH is 1. The zero-order valence-electron chi connectivity index (χ0n) is 22.3. The van der Waals surface area contributed by atoms with Crippen LogP contribution in [-0.4, -0.2) is 50.4 Å². The SMILES string of the molecule is CC(=O)Cc1cnccc1NC(=O)OC(C)(C)C.CC(O)Cc1cnccc1NC(=O)OC(C)(C)C. The van der Waals surface area contributed by atoms with E-state index in [1.54, 1.807) is 85.4 Å². The maximum Gasteiger partial charge on any atom is 0.412 e. The molecule has 10 heteroatoms. The van der Waals surface area contributed by atoms with Gasteiger partial charge in [-0.25, -0.2) is 9.59 Å². The number of nitrogens with one attached hydrogen (secondary N) is 2. The van der Waals surface area contributed by atoms with E-state index in [9.17, 15) is 19.5 Å². The van der Waals surface area contributed by atoms with Crippen molar-refractivity contribution in [2.45, 2.75) is 85.5 Å². The summed E-state index contributed by atoms with van der Waals surface area (Å²) in [5.74, 6) is 0.00948. The van der Waals surface area contributed by atoms with Crippen molar-refractivity contribution in [2.24, 2.45) is 0 Å². The highest BCUT2D eigenvalue weighted by Gasteiger charge is 2.18. The van der Waals surface area contributed by atoms with Gasteiger partial charge in [0.15, 0.2) is 0 Å². The fraction of sp³-hybridized carbons (Fsp3) is 0.500. The van der Waals surface area contributed by atoms with Gasteiger partial charge in [0.2, 0.25) is 0 Å². The molecule has 0 radical (unpaired) electrons. The van der Waals surface area contributed by atoms with Gasteiger partial charge in [-0.3, -0.25) is 25.4 Å². The van der Waals surface area contributed by atoms with E-state index < -0.39 is 29.5 Å². The van der Waals surface area contributed by atoms with Crippen LogP contribution in [0.15, 0.2) is 36.9 Å². The first kappa shape index (κ1) is 30.5. The summed E-state index contributed by atoms with van der Waals surface area (Å²) in [6, 6.07) is 3.32. The first-order valence-electron chi connectivity index (χ1n) is 11.6. The smallest absolute Gasteiger partial charge is 0.412 e. The molecule has 0 aliphatic carbocycles. The number of ether oxygens (including phenoxy) is 2. The number of aliphatic hydroxyl groups is 1. The third kappa shape index (κ3) is 13.4. The average Bonchev–Trinajstić information content (AvgIpc) is 2.68. The quantitative estimate of drug-likeness (QED) is 0.506. The van der Waals surface area contributed by atoms with E-state index in [0.29, 0.717) is 23.4 Å². The molecule has 0 aliphatic rings. The molecule has 0 fully saturated rings. The summed E-state index contributed by atoms with van der Waals surface area (Å²) in [6.45, 7) is 13.9. The molecule has 0 aromatic carbocycles. The molecule has 2 rings (SSSR count). The number of anilines is 2. The van der Waals surface area contributed by atoms with Gasteiger partial charge < -0.3 is 14.6 Å². The molecule has 198 valence electrons. The molecule has 0 saturated carbocycles. The predicted molar refractivity (Wildman–Crippen MR) is 138 cm³/mol. The van der Waals surface area contributed by atoms with Crippen LogP contribution in [0.4, 0.5) is 21.0 Å². The van der Waals surface area contributed by atoms with Crippen molar-refractivity contribution in [1.29, 1.82) is 0 Å². The van der Waals surface area contributed by atoms with E-state index in [2.05, 4.69) is 20.6 Å². The number of rotatable bonds is 6. The summed E-state index contributed by atoms with van der Waals surface area (Å²) >= 11 is 0. The third-order valence-corrected chi connectivity index (χ3v) is 4.03. The van der Waals surface area contributed by atoms with Gasteiger partial charge in [0, 0.05) is 43.2 Å². The summed E-state index contributed by atoms with van der Waals surface area (Å²) in [7, 11) is 0. The number of nitrogens with zero attached hydrogens (tertiary/aromatic N) is 2. The van der Waals surface area contributed by atoms with Gasteiger partial charge in [-0.2, -0.15) is 0 Å². The largest absolute Gasteiger partial charge is 0.444 e. The first-order chi connectivity index (χ1) is 16.6. The minimum Gasteiger partial charge on any atom is -0.444 e. The molecule has 2 aromatic rings. The van der Waals surface area contributed by atoms with Gasteiger partial charge in [0.05, 0.1) is 17.5 Å². The number of pyridine rings is 2. The van der Waals surface area contributed by atoms with Crippen molar-refractivity contribution >= 4 is 29.3 Å². The molecule has 1 unspecified atom stereocenters. The van der Waals surface area contributed by atoms with Crippen LogP contribution >= 0.6 is 0 Å².